The molecule has 0 radical (unpaired) electrons. The summed E-state index contributed by atoms with van der Waals surface area (Å²) in [5.41, 5.74) is 13.6. The number of amidine groups is 1. The molecule has 8 nitrogen and oxygen atoms in total. The van der Waals surface area contributed by atoms with Crippen LogP contribution in [0.3, 0.4) is 0 Å². The Labute approximate surface area is 153 Å². The van der Waals surface area contributed by atoms with E-state index in [0.717, 1.165) is 0 Å². The number of aromatic nitrogens is 1. The summed E-state index contributed by atoms with van der Waals surface area (Å²) in [6, 6.07) is 8.23. The van der Waals surface area contributed by atoms with Gasteiger partial charge in [0.2, 0.25) is 5.71 Å². The second-order valence-corrected chi connectivity index (χ2v) is 5.53. The van der Waals surface area contributed by atoms with Crippen LogP contribution in [0.5, 0.6) is 0 Å². The Hall–Kier alpha value is -2.81. The van der Waals surface area contributed by atoms with Crippen LogP contribution in [-0.2, 0) is 4.79 Å². The van der Waals surface area contributed by atoms with E-state index in [9.17, 15) is 4.79 Å². The van der Waals surface area contributed by atoms with Crippen LogP contribution in [0, 0.1) is 0 Å². The van der Waals surface area contributed by atoms with Crippen LogP contribution in [0.1, 0.15) is 5.69 Å². The van der Waals surface area contributed by atoms with Crippen molar-refractivity contribution >= 4 is 58.2 Å². The Bertz CT molecular complexity index is 842. The highest BCUT2D eigenvalue weighted by molar-refractivity contribution is 6.66. The van der Waals surface area contributed by atoms with Crippen LogP contribution in [0.4, 0.5) is 11.4 Å². The average molecular weight is 380 g/mol. The van der Waals surface area contributed by atoms with Crippen molar-refractivity contribution in [3.05, 3.63) is 52.3 Å². The third kappa shape index (κ3) is 4.83. The number of nitrogens with two attached hydrogens (primary N) is 4. The minimum Gasteiger partial charge on any atom is -0.382 e. The summed E-state index contributed by atoms with van der Waals surface area (Å²) in [7, 11) is 0. The first-order valence-corrected chi connectivity index (χ1v) is 7.68. The van der Waals surface area contributed by atoms with Crippen molar-refractivity contribution in [1.82, 2.24) is 4.98 Å². The lowest BCUT2D eigenvalue weighted by Gasteiger charge is -2.03. The third-order valence-electron chi connectivity index (χ3n) is 2.99. The molecule has 1 aromatic heterocycles. The molecule has 0 aliphatic carbocycles. The Morgan fingerprint density at radius 3 is 2.40 bits per heavy atom. The average Bonchev–Trinajstić information content (AvgIpc) is 2.57. The molecule has 0 saturated carbocycles. The number of amides is 1. The van der Waals surface area contributed by atoms with Crippen molar-refractivity contribution in [3.8, 4) is 0 Å². The van der Waals surface area contributed by atoms with Crippen LogP contribution in [-0.4, -0.2) is 28.7 Å². The topological polar surface area (TPSA) is 149 Å². The van der Waals surface area contributed by atoms with Crippen molar-refractivity contribution in [3.63, 3.8) is 0 Å². The molecule has 1 aromatic carbocycles. The summed E-state index contributed by atoms with van der Waals surface area (Å²) >= 11 is 12.1. The molecule has 0 aliphatic heterocycles. The lowest BCUT2D eigenvalue weighted by atomic mass is 10.3. The number of quaternary nitrogens is 1. The lowest BCUT2D eigenvalue weighted by molar-refractivity contribution is -0.577. The zero-order chi connectivity index (χ0) is 18.4. The molecule has 0 spiro atoms. The number of aliphatic imine (C=N–C) groups is 1. The van der Waals surface area contributed by atoms with Crippen LogP contribution < -0.4 is 22.3 Å². The summed E-state index contributed by atoms with van der Waals surface area (Å²) in [5.74, 6) is -1.02. The zero-order valence-electron chi connectivity index (χ0n) is 12.9. The molecule has 0 fully saturated rings. The molecular weight excluding hydrogens is 365 g/mol. The molecule has 0 saturated heterocycles. The van der Waals surface area contributed by atoms with Gasteiger partial charge in [0.15, 0.2) is 17.7 Å². The second-order valence-electron chi connectivity index (χ2n) is 4.71. The van der Waals surface area contributed by atoms with Gasteiger partial charge in [-0.2, -0.15) is 5.43 Å². The van der Waals surface area contributed by atoms with Crippen molar-refractivity contribution in [1.29, 1.82) is 0 Å². The highest BCUT2D eigenvalue weighted by atomic mass is 35.5. The van der Waals surface area contributed by atoms with Gasteiger partial charge >= 0.3 is 0 Å². The first-order valence-electron chi connectivity index (χ1n) is 6.92. The summed E-state index contributed by atoms with van der Waals surface area (Å²) < 4.78 is 0. The van der Waals surface area contributed by atoms with Gasteiger partial charge in [-0.05, 0) is 24.3 Å². The lowest BCUT2D eigenvalue weighted by Crippen LogP contribution is -2.73. The van der Waals surface area contributed by atoms with Gasteiger partial charge in [-0.15, -0.1) is 0 Å². The maximum Gasteiger partial charge on any atom is 0.276 e. The largest absolute Gasteiger partial charge is 0.382 e. The summed E-state index contributed by atoms with van der Waals surface area (Å²) in [6.07, 6.45) is 2.79. The SMILES string of the molecule is NC(=O)C(=N[NH2+]c1c(Cl)cccc1Cl)C(N)=Nc1ccc(C=[NH2+])nc1. The third-order valence-corrected chi connectivity index (χ3v) is 3.65. The van der Waals surface area contributed by atoms with Crippen molar-refractivity contribution < 1.29 is 15.6 Å². The zero-order valence-corrected chi connectivity index (χ0v) is 14.4. The van der Waals surface area contributed by atoms with E-state index >= 15 is 0 Å². The molecule has 2 aromatic rings. The van der Waals surface area contributed by atoms with E-state index in [4.69, 9.17) is 40.1 Å². The molecule has 1 amide bonds. The standard InChI is InChI=1S/C15H13Cl2N7O/c16-10-2-1-3-11(17)12(10)23-24-13(15(20)25)14(19)22-9-5-4-8(6-18)21-7-9/h1-7,18,23H,(H2,19,22)(H2,20,25)/p+2. The molecule has 0 unspecified atom stereocenters. The molecule has 25 heavy (non-hydrogen) atoms. The first kappa shape index (κ1) is 18.5. The van der Waals surface area contributed by atoms with Gasteiger partial charge in [0.25, 0.3) is 5.91 Å². The molecule has 128 valence electrons. The van der Waals surface area contributed by atoms with Crippen molar-refractivity contribution in [2.45, 2.75) is 0 Å². The monoisotopic (exact) mass is 379 g/mol. The molecule has 0 atom stereocenters. The minimum atomic E-state index is -0.847. The van der Waals surface area contributed by atoms with Crippen molar-refractivity contribution in [2.24, 2.45) is 21.6 Å². The van der Waals surface area contributed by atoms with E-state index in [1.807, 2.05) is 0 Å². The number of carbonyl (C=O) groups is 1. The fraction of sp³-hybridized carbons (Fsp3) is 0. The normalized spacial score (nSPS) is 12.1. The van der Waals surface area contributed by atoms with E-state index in [2.05, 4.69) is 15.1 Å². The van der Waals surface area contributed by atoms with Crippen molar-refractivity contribution in [2.75, 3.05) is 0 Å². The molecule has 10 heteroatoms. The Balaban J connectivity index is 2.31. The van der Waals surface area contributed by atoms with Crippen LogP contribution in [0.2, 0.25) is 10.0 Å². The number of pyridine rings is 1. The molecule has 2 rings (SSSR count). The fourth-order valence-electron chi connectivity index (χ4n) is 1.77. The van der Waals surface area contributed by atoms with Crippen LogP contribution in [0.25, 0.3) is 0 Å². The predicted molar refractivity (Wildman–Crippen MR) is 97.3 cm³/mol. The molecule has 1 heterocycles. The number of carbonyl (C=O) groups excluding carboxylic acids is 1. The van der Waals surface area contributed by atoms with E-state index in [-0.39, 0.29) is 11.5 Å². The van der Waals surface area contributed by atoms with E-state index in [1.165, 1.54) is 17.8 Å². The first-order chi connectivity index (χ1) is 11.9. The molecule has 0 aliphatic rings. The number of hydrogen-bond donors (Lipinski definition) is 4. The quantitative estimate of drug-likeness (QED) is 0.172. The molecular formula is C15H15Cl2N7O+2. The highest BCUT2D eigenvalue weighted by Crippen LogP contribution is 2.25. The van der Waals surface area contributed by atoms with E-state index in [1.54, 1.807) is 30.3 Å². The van der Waals surface area contributed by atoms with E-state index < -0.39 is 5.91 Å². The molecule has 8 N–H and O–H groups in total. The number of benzene rings is 1. The minimum absolute atomic E-state index is 0.168. The van der Waals surface area contributed by atoms with Gasteiger partial charge in [-0.3, -0.25) is 10.2 Å². The number of primary amides is 1. The van der Waals surface area contributed by atoms with Gasteiger partial charge in [0, 0.05) is 0 Å². The number of rotatable bonds is 6. The Kier molecular flexibility index (Phi) is 6.18. The van der Waals surface area contributed by atoms with Gasteiger partial charge in [0.05, 0.1) is 11.9 Å². The molecule has 0 bridgehead atoms. The van der Waals surface area contributed by atoms with Gasteiger partial charge in [-0.25, -0.2) is 9.98 Å². The summed E-state index contributed by atoms with van der Waals surface area (Å²) in [5, 5.41) is 10.1. The summed E-state index contributed by atoms with van der Waals surface area (Å²) in [6.45, 7) is 0. The fourth-order valence-corrected chi connectivity index (χ4v) is 2.27. The highest BCUT2D eigenvalue weighted by Gasteiger charge is 2.17. The number of nitrogens with zero attached hydrogens (tertiary/aromatic N) is 3. The second kappa shape index (κ2) is 8.34. The predicted octanol–water partition coefficient (Wildman–Crippen LogP) is -0.709. The number of halogens is 2. The Morgan fingerprint density at radius 2 is 1.88 bits per heavy atom. The van der Waals surface area contributed by atoms with Gasteiger partial charge < -0.3 is 11.5 Å². The maximum atomic E-state index is 11.6. The van der Waals surface area contributed by atoms with Crippen LogP contribution in [0.15, 0.2) is 46.6 Å². The Morgan fingerprint density at radius 1 is 1.20 bits per heavy atom. The smallest absolute Gasteiger partial charge is 0.276 e. The maximum absolute atomic E-state index is 11.6. The van der Waals surface area contributed by atoms with Gasteiger partial charge in [-0.1, -0.05) is 34.4 Å². The van der Waals surface area contributed by atoms with Gasteiger partial charge in [0.1, 0.15) is 15.7 Å². The summed E-state index contributed by atoms with van der Waals surface area (Å²) in [4.78, 5) is 19.7. The number of hydrogen-bond acceptors (Lipinski definition) is 4. The van der Waals surface area contributed by atoms with E-state index in [0.29, 0.717) is 27.1 Å². The van der Waals surface area contributed by atoms with Crippen LogP contribution >= 0.6 is 23.2 Å².